The predicted octanol–water partition coefficient (Wildman–Crippen LogP) is 3.49. The van der Waals surface area contributed by atoms with Crippen molar-refractivity contribution in [2.45, 2.75) is 52.5 Å². The number of sulfonamides is 1. The molecule has 29 heavy (non-hydrogen) atoms. The van der Waals surface area contributed by atoms with Gasteiger partial charge in [0.1, 0.15) is 11.6 Å². The quantitative estimate of drug-likeness (QED) is 0.715. The number of nitrogens with one attached hydrogen (secondary N) is 2. The normalized spacial score (nSPS) is 11.6. The van der Waals surface area contributed by atoms with Crippen LogP contribution in [0.4, 0.5) is 8.78 Å². The van der Waals surface area contributed by atoms with Crippen molar-refractivity contribution in [3.05, 3.63) is 63.2 Å². The molecule has 2 aromatic rings. The maximum Gasteiger partial charge on any atom is 0.241 e. The second-order valence-electron chi connectivity index (χ2n) is 7.16. The van der Waals surface area contributed by atoms with E-state index < -0.39 is 27.6 Å². The minimum atomic E-state index is -3.79. The molecule has 0 fully saturated rings. The smallest absolute Gasteiger partial charge is 0.241 e. The van der Waals surface area contributed by atoms with E-state index in [-0.39, 0.29) is 30.0 Å². The lowest BCUT2D eigenvalue weighted by molar-refractivity contribution is -0.121. The van der Waals surface area contributed by atoms with Gasteiger partial charge < -0.3 is 5.32 Å². The van der Waals surface area contributed by atoms with Crippen LogP contribution in [0.3, 0.4) is 0 Å². The Hall–Kier alpha value is -2.32. The van der Waals surface area contributed by atoms with Gasteiger partial charge in [-0.15, -0.1) is 0 Å². The van der Waals surface area contributed by atoms with Gasteiger partial charge in [0.2, 0.25) is 15.9 Å². The first-order valence-electron chi connectivity index (χ1n) is 9.22. The molecule has 0 aliphatic rings. The Bertz CT molecular complexity index is 1000. The molecule has 158 valence electrons. The molecule has 0 saturated heterocycles. The minimum absolute atomic E-state index is 0.0468. The number of hydrogen-bond donors (Lipinski definition) is 2. The zero-order valence-electron chi connectivity index (χ0n) is 17.2. The number of benzene rings is 2. The molecule has 5 nitrogen and oxygen atoms in total. The molecule has 0 bridgehead atoms. The first-order valence-corrected chi connectivity index (χ1v) is 10.7. The highest BCUT2D eigenvalue weighted by molar-refractivity contribution is 7.89. The molecule has 0 unspecified atom stereocenters. The summed E-state index contributed by atoms with van der Waals surface area (Å²) in [6.07, 6.45) is -0.0983. The van der Waals surface area contributed by atoms with Crippen LogP contribution in [0.5, 0.6) is 0 Å². The topological polar surface area (TPSA) is 75.3 Å². The van der Waals surface area contributed by atoms with E-state index in [1.54, 1.807) is 13.8 Å². The minimum Gasteiger partial charge on any atom is -0.352 e. The van der Waals surface area contributed by atoms with Crippen molar-refractivity contribution in [3.63, 3.8) is 0 Å². The third kappa shape index (κ3) is 5.39. The molecule has 0 saturated carbocycles. The van der Waals surface area contributed by atoms with E-state index in [9.17, 15) is 22.0 Å². The first kappa shape index (κ1) is 23.0. The maximum absolute atomic E-state index is 13.2. The van der Waals surface area contributed by atoms with Crippen LogP contribution in [0.2, 0.25) is 0 Å². The summed E-state index contributed by atoms with van der Waals surface area (Å²) >= 11 is 0. The van der Waals surface area contributed by atoms with Crippen LogP contribution >= 0.6 is 0 Å². The van der Waals surface area contributed by atoms with Crippen molar-refractivity contribution in [1.82, 2.24) is 10.0 Å². The molecule has 0 atom stereocenters. The van der Waals surface area contributed by atoms with Gasteiger partial charge in [-0.3, -0.25) is 4.79 Å². The molecule has 2 aromatic carbocycles. The second kappa shape index (κ2) is 9.00. The summed E-state index contributed by atoms with van der Waals surface area (Å²) in [6, 6.07) is 3.00. The van der Waals surface area contributed by atoms with Gasteiger partial charge >= 0.3 is 0 Å². The summed E-state index contributed by atoms with van der Waals surface area (Å²) in [5, 5.41) is 2.52. The molecule has 0 heterocycles. The van der Waals surface area contributed by atoms with Crippen LogP contribution in [0.25, 0.3) is 0 Å². The van der Waals surface area contributed by atoms with Gasteiger partial charge in [0.05, 0.1) is 4.90 Å². The van der Waals surface area contributed by atoms with Crippen molar-refractivity contribution in [3.8, 4) is 0 Å². The molecule has 0 aromatic heterocycles. The van der Waals surface area contributed by atoms with Gasteiger partial charge in [0.25, 0.3) is 0 Å². The molecule has 0 spiro atoms. The monoisotopic (exact) mass is 424 g/mol. The molecule has 2 N–H and O–H groups in total. The third-order valence-corrected chi connectivity index (χ3v) is 6.99. The lowest BCUT2D eigenvalue weighted by atomic mass is 9.95. The molecule has 2 rings (SSSR count). The van der Waals surface area contributed by atoms with Crippen LogP contribution in [-0.2, 0) is 21.4 Å². The highest BCUT2D eigenvalue weighted by atomic mass is 32.2. The average Bonchev–Trinajstić information content (AvgIpc) is 2.62. The Kier molecular flexibility index (Phi) is 7.13. The van der Waals surface area contributed by atoms with Crippen LogP contribution in [0.1, 0.15) is 39.8 Å². The second-order valence-corrected chi connectivity index (χ2v) is 8.86. The van der Waals surface area contributed by atoms with Gasteiger partial charge in [-0.05, 0) is 80.1 Å². The Morgan fingerprint density at radius 3 is 1.86 bits per heavy atom. The molecule has 1 amide bonds. The Balaban J connectivity index is 2.00. The number of hydrogen-bond acceptors (Lipinski definition) is 3. The number of carbonyl (C=O) groups excluding carboxylic acids is 1. The fraction of sp³-hybridized carbons (Fsp3) is 0.381. The molecular formula is C21H26F2N2O3S. The SMILES string of the molecule is Cc1c(C)c(C)c(S(=O)(=O)NCCC(=O)NCc2cc(F)cc(F)c2)c(C)c1C. The number of rotatable bonds is 7. The lowest BCUT2D eigenvalue weighted by Crippen LogP contribution is -2.31. The Morgan fingerprint density at radius 1 is 0.862 bits per heavy atom. The highest BCUT2D eigenvalue weighted by Gasteiger charge is 2.23. The number of amides is 1. The molecule has 0 radical (unpaired) electrons. The summed E-state index contributed by atoms with van der Waals surface area (Å²) in [4.78, 5) is 12.2. The standard InChI is InChI=1S/C21H26F2N2O3S/c1-12-13(2)15(4)21(16(5)14(12)3)29(27,28)25-7-6-20(26)24-11-17-8-18(22)10-19(23)9-17/h8-10,25H,6-7,11H2,1-5H3,(H,24,26). The number of halogens is 2. The van der Waals surface area contributed by atoms with Crippen molar-refractivity contribution < 1.29 is 22.0 Å². The lowest BCUT2D eigenvalue weighted by Gasteiger charge is -2.19. The Labute approximate surface area is 170 Å². The summed E-state index contributed by atoms with van der Waals surface area (Å²) in [7, 11) is -3.79. The van der Waals surface area contributed by atoms with E-state index in [1.807, 2.05) is 20.8 Å². The van der Waals surface area contributed by atoms with Crippen LogP contribution in [-0.4, -0.2) is 20.9 Å². The largest absolute Gasteiger partial charge is 0.352 e. The fourth-order valence-corrected chi connectivity index (χ4v) is 4.87. The van der Waals surface area contributed by atoms with E-state index in [1.165, 1.54) is 0 Å². The Morgan fingerprint density at radius 2 is 1.34 bits per heavy atom. The fourth-order valence-electron chi connectivity index (χ4n) is 3.24. The van der Waals surface area contributed by atoms with Crippen LogP contribution < -0.4 is 10.0 Å². The maximum atomic E-state index is 13.2. The predicted molar refractivity (Wildman–Crippen MR) is 108 cm³/mol. The van der Waals surface area contributed by atoms with E-state index in [0.717, 1.165) is 34.9 Å². The van der Waals surface area contributed by atoms with Crippen molar-refractivity contribution >= 4 is 15.9 Å². The van der Waals surface area contributed by atoms with Gasteiger partial charge in [0, 0.05) is 25.6 Å². The zero-order valence-corrected chi connectivity index (χ0v) is 18.1. The van der Waals surface area contributed by atoms with E-state index in [2.05, 4.69) is 10.0 Å². The molecule has 8 heteroatoms. The summed E-state index contributed by atoms with van der Waals surface area (Å²) in [5.74, 6) is -1.88. The van der Waals surface area contributed by atoms with Crippen molar-refractivity contribution in [1.29, 1.82) is 0 Å². The summed E-state index contributed by atoms with van der Waals surface area (Å²) < 4.78 is 54.4. The average molecular weight is 425 g/mol. The third-order valence-electron chi connectivity index (χ3n) is 5.26. The molecule has 0 aliphatic heterocycles. The summed E-state index contributed by atoms with van der Waals surface area (Å²) in [5.41, 5.74) is 4.58. The van der Waals surface area contributed by atoms with E-state index in [0.29, 0.717) is 11.1 Å². The number of carbonyl (C=O) groups is 1. The molecule has 0 aliphatic carbocycles. The van der Waals surface area contributed by atoms with Gasteiger partial charge in [-0.1, -0.05) is 0 Å². The van der Waals surface area contributed by atoms with Crippen LogP contribution in [0.15, 0.2) is 23.1 Å². The van der Waals surface area contributed by atoms with Crippen molar-refractivity contribution in [2.24, 2.45) is 0 Å². The van der Waals surface area contributed by atoms with Crippen LogP contribution in [0, 0.1) is 46.3 Å². The van der Waals surface area contributed by atoms with E-state index in [4.69, 9.17) is 0 Å². The van der Waals surface area contributed by atoms with Gasteiger partial charge in [-0.2, -0.15) is 0 Å². The van der Waals surface area contributed by atoms with E-state index >= 15 is 0 Å². The van der Waals surface area contributed by atoms with Gasteiger partial charge in [0.15, 0.2) is 0 Å². The highest BCUT2D eigenvalue weighted by Crippen LogP contribution is 2.29. The molecular weight excluding hydrogens is 398 g/mol. The zero-order chi connectivity index (χ0) is 21.9. The first-order chi connectivity index (χ1) is 13.4. The van der Waals surface area contributed by atoms with Gasteiger partial charge in [-0.25, -0.2) is 21.9 Å². The van der Waals surface area contributed by atoms with Crippen molar-refractivity contribution in [2.75, 3.05) is 6.54 Å². The summed E-state index contributed by atoms with van der Waals surface area (Å²) in [6.45, 7) is 9.15.